The lowest BCUT2D eigenvalue weighted by Crippen LogP contribution is -2.38. The minimum Gasteiger partial charge on any atom is -0.357 e. The van der Waals surface area contributed by atoms with E-state index in [2.05, 4.69) is 60.3 Å². The topological polar surface area (TPSA) is 52.6 Å². The second-order valence-electron chi connectivity index (χ2n) is 5.08. The van der Waals surface area contributed by atoms with E-state index >= 15 is 0 Å². The fourth-order valence-electron chi connectivity index (χ4n) is 1.77. The maximum atomic E-state index is 4.59. The molecule has 22 heavy (non-hydrogen) atoms. The first-order valence-electron chi connectivity index (χ1n) is 7.70. The van der Waals surface area contributed by atoms with Crippen molar-refractivity contribution in [3.63, 3.8) is 0 Å². The third-order valence-electron chi connectivity index (χ3n) is 3.34. The molecule has 0 saturated heterocycles. The molecule has 0 aliphatic rings. The van der Waals surface area contributed by atoms with Crippen molar-refractivity contribution in [2.24, 2.45) is 4.99 Å². The van der Waals surface area contributed by atoms with Gasteiger partial charge in [0.1, 0.15) is 0 Å². The third kappa shape index (κ3) is 8.28. The molecular formula is C15H30IN5S. The molecule has 1 aromatic rings. The highest BCUT2D eigenvalue weighted by molar-refractivity contribution is 14.0. The van der Waals surface area contributed by atoms with Crippen molar-refractivity contribution >= 4 is 41.3 Å². The van der Waals surface area contributed by atoms with Gasteiger partial charge in [-0.3, -0.25) is 4.99 Å². The Balaban J connectivity index is 0.00000441. The molecule has 5 nitrogen and oxygen atoms in total. The van der Waals surface area contributed by atoms with Crippen LogP contribution in [-0.4, -0.2) is 55.6 Å². The van der Waals surface area contributed by atoms with E-state index in [0.717, 1.165) is 50.8 Å². The summed E-state index contributed by atoms with van der Waals surface area (Å²) in [6.45, 7) is 13.0. The van der Waals surface area contributed by atoms with Gasteiger partial charge < -0.3 is 15.5 Å². The number of hydrogen-bond donors (Lipinski definition) is 2. The van der Waals surface area contributed by atoms with Crippen LogP contribution < -0.4 is 10.6 Å². The quantitative estimate of drug-likeness (QED) is 0.371. The van der Waals surface area contributed by atoms with E-state index in [4.69, 9.17) is 0 Å². The van der Waals surface area contributed by atoms with E-state index in [1.54, 1.807) is 11.3 Å². The number of thiazole rings is 1. The van der Waals surface area contributed by atoms with Crippen LogP contribution in [-0.2, 0) is 6.42 Å². The molecule has 0 fully saturated rings. The number of likely N-dealkylation sites (N-methyl/N-ethyl adjacent to an activating group) is 1. The summed E-state index contributed by atoms with van der Waals surface area (Å²) in [6.07, 6.45) is 0.943. The molecule has 0 aliphatic heterocycles. The van der Waals surface area contributed by atoms with Gasteiger partial charge >= 0.3 is 0 Å². The molecule has 0 aliphatic carbocycles. The predicted octanol–water partition coefficient (Wildman–Crippen LogP) is 2.43. The molecular weight excluding hydrogens is 409 g/mol. The van der Waals surface area contributed by atoms with E-state index in [-0.39, 0.29) is 24.0 Å². The number of nitrogens with one attached hydrogen (secondary N) is 2. The van der Waals surface area contributed by atoms with Crippen LogP contribution in [0.2, 0.25) is 0 Å². The summed E-state index contributed by atoms with van der Waals surface area (Å²) in [4.78, 5) is 12.7. The zero-order chi connectivity index (χ0) is 15.7. The second kappa shape index (κ2) is 12.1. The van der Waals surface area contributed by atoms with E-state index in [1.165, 1.54) is 9.88 Å². The van der Waals surface area contributed by atoms with Gasteiger partial charge in [0, 0.05) is 30.9 Å². The molecule has 1 heterocycles. The molecule has 0 saturated carbocycles. The molecule has 0 radical (unpaired) electrons. The van der Waals surface area contributed by atoms with E-state index in [0.29, 0.717) is 0 Å². The highest BCUT2D eigenvalue weighted by Gasteiger charge is 2.04. The zero-order valence-corrected chi connectivity index (χ0v) is 17.5. The molecule has 1 aromatic heterocycles. The van der Waals surface area contributed by atoms with Crippen molar-refractivity contribution in [3.8, 4) is 0 Å². The van der Waals surface area contributed by atoms with Gasteiger partial charge in [0.05, 0.1) is 17.2 Å². The van der Waals surface area contributed by atoms with Crippen molar-refractivity contribution in [2.75, 3.05) is 39.8 Å². The SMILES string of the molecule is CCNC(=NCCN(C)CC)NCCc1nc(C)c(C)s1.I. The van der Waals surface area contributed by atoms with Gasteiger partial charge in [-0.25, -0.2) is 4.98 Å². The summed E-state index contributed by atoms with van der Waals surface area (Å²) in [5, 5.41) is 7.85. The van der Waals surface area contributed by atoms with Crippen LogP contribution in [0.3, 0.4) is 0 Å². The average Bonchev–Trinajstić information content (AvgIpc) is 2.77. The van der Waals surface area contributed by atoms with Crippen LogP contribution in [0.1, 0.15) is 29.4 Å². The first-order chi connectivity index (χ1) is 10.1. The van der Waals surface area contributed by atoms with Crippen molar-refractivity contribution in [2.45, 2.75) is 34.1 Å². The average molecular weight is 439 g/mol. The number of nitrogens with zero attached hydrogens (tertiary/aromatic N) is 3. The van der Waals surface area contributed by atoms with E-state index < -0.39 is 0 Å². The number of hydrogen-bond acceptors (Lipinski definition) is 4. The van der Waals surface area contributed by atoms with Gasteiger partial charge in [-0.05, 0) is 34.4 Å². The molecule has 2 N–H and O–H groups in total. The number of halogens is 1. The predicted molar refractivity (Wildman–Crippen MR) is 108 cm³/mol. The molecule has 0 bridgehead atoms. The molecule has 0 unspecified atom stereocenters. The van der Waals surface area contributed by atoms with Crippen LogP contribution in [0.15, 0.2) is 4.99 Å². The van der Waals surface area contributed by atoms with Crippen molar-refractivity contribution in [1.82, 2.24) is 20.5 Å². The van der Waals surface area contributed by atoms with Crippen LogP contribution >= 0.6 is 35.3 Å². The second-order valence-corrected chi connectivity index (χ2v) is 6.37. The molecule has 1 rings (SSSR count). The number of aliphatic imine (C=N–C) groups is 1. The fraction of sp³-hybridized carbons (Fsp3) is 0.733. The smallest absolute Gasteiger partial charge is 0.191 e. The number of aryl methyl sites for hydroxylation is 2. The van der Waals surface area contributed by atoms with Crippen molar-refractivity contribution in [3.05, 3.63) is 15.6 Å². The monoisotopic (exact) mass is 439 g/mol. The number of rotatable bonds is 8. The molecule has 128 valence electrons. The number of aromatic nitrogens is 1. The summed E-state index contributed by atoms with van der Waals surface area (Å²) in [5.74, 6) is 0.895. The lowest BCUT2D eigenvalue weighted by molar-refractivity contribution is 0.363. The zero-order valence-electron chi connectivity index (χ0n) is 14.4. The minimum atomic E-state index is 0. The molecule has 0 aromatic carbocycles. The summed E-state index contributed by atoms with van der Waals surface area (Å²) >= 11 is 1.79. The van der Waals surface area contributed by atoms with Crippen molar-refractivity contribution in [1.29, 1.82) is 0 Å². The molecule has 0 spiro atoms. The standard InChI is InChI=1S/C15H29N5S.HI/c1-6-16-15(18-10-11-20(5)7-2)17-9-8-14-19-12(3)13(4)21-14;/h6-11H2,1-5H3,(H2,16,17,18);1H. The van der Waals surface area contributed by atoms with Gasteiger partial charge in [0.15, 0.2) is 5.96 Å². The summed E-state index contributed by atoms with van der Waals surface area (Å²) < 4.78 is 0. The number of guanidine groups is 1. The van der Waals surface area contributed by atoms with Gasteiger partial charge in [-0.15, -0.1) is 35.3 Å². The Morgan fingerprint density at radius 3 is 2.55 bits per heavy atom. The molecule has 0 atom stereocenters. The Hall–Kier alpha value is -0.410. The Kier molecular flexibility index (Phi) is 11.8. The van der Waals surface area contributed by atoms with E-state index in [9.17, 15) is 0 Å². The molecule has 0 amide bonds. The largest absolute Gasteiger partial charge is 0.357 e. The summed E-state index contributed by atoms with van der Waals surface area (Å²) in [5.41, 5.74) is 1.15. The lowest BCUT2D eigenvalue weighted by Gasteiger charge is -2.14. The maximum Gasteiger partial charge on any atom is 0.191 e. The van der Waals surface area contributed by atoms with Gasteiger partial charge in [-0.1, -0.05) is 6.92 Å². The first kappa shape index (κ1) is 21.6. The Bertz CT molecular complexity index is 428. The maximum absolute atomic E-state index is 4.59. The first-order valence-corrected chi connectivity index (χ1v) is 8.52. The Morgan fingerprint density at radius 2 is 2.00 bits per heavy atom. The van der Waals surface area contributed by atoms with Crippen LogP contribution in [0.4, 0.5) is 0 Å². The highest BCUT2D eigenvalue weighted by Crippen LogP contribution is 2.16. The van der Waals surface area contributed by atoms with Crippen molar-refractivity contribution < 1.29 is 0 Å². The van der Waals surface area contributed by atoms with Crippen LogP contribution in [0.25, 0.3) is 0 Å². The Labute approximate surface area is 156 Å². The minimum absolute atomic E-state index is 0. The molecule has 7 heteroatoms. The van der Waals surface area contributed by atoms with Crippen LogP contribution in [0, 0.1) is 13.8 Å². The van der Waals surface area contributed by atoms with E-state index in [1.807, 2.05) is 0 Å². The highest BCUT2D eigenvalue weighted by atomic mass is 127. The normalized spacial score (nSPS) is 11.5. The lowest BCUT2D eigenvalue weighted by atomic mass is 10.4. The van der Waals surface area contributed by atoms with Gasteiger partial charge in [0.2, 0.25) is 0 Å². The summed E-state index contributed by atoms with van der Waals surface area (Å²) in [6, 6.07) is 0. The third-order valence-corrected chi connectivity index (χ3v) is 4.47. The van der Waals surface area contributed by atoms with Gasteiger partial charge in [-0.2, -0.15) is 0 Å². The van der Waals surface area contributed by atoms with Crippen LogP contribution in [0.5, 0.6) is 0 Å². The summed E-state index contributed by atoms with van der Waals surface area (Å²) in [7, 11) is 2.11. The fourth-order valence-corrected chi connectivity index (χ4v) is 2.70. The Morgan fingerprint density at radius 1 is 1.27 bits per heavy atom. The van der Waals surface area contributed by atoms with Gasteiger partial charge in [0.25, 0.3) is 0 Å².